The van der Waals surface area contributed by atoms with Crippen LogP contribution in [0.15, 0.2) is 16.7 Å². The first kappa shape index (κ1) is 11.4. The first-order valence-electron chi connectivity index (χ1n) is 6.57. The summed E-state index contributed by atoms with van der Waals surface area (Å²) < 4.78 is 7.59. The second-order valence-corrected chi connectivity index (χ2v) is 5.18. The molecule has 0 amide bonds. The van der Waals surface area contributed by atoms with Crippen molar-refractivity contribution in [3.8, 4) is 11.3 Å². The zero-order valence-corrected chi connectivity index (χ0v) is 10.9. The average Bonchev–Trinajstić information content (AvgIpc) is 2.98. The molecule has 0 spiro atoms. The molecule has 1 fully saturated rings. The quantitative estimate of drug-likeness (QED) is 0.881. The third-order valence-corrected chi connectivity index (χ3v) is 3.76. The first-order chi connectivity index (χ1) is 8.65. The third kappa shape index (κ3) is 1.82. The monoisotopic (exact) mass is 245 g/mol. The molecule has 0 bridgehead atoms. The summed E-state index contributed by atoms with van der Waals surface area (Å²) in [6, 6.07) is 2.53. The summed E-state index contributed by atoms with van der Waals surface area (Å²) in [5, 5.41) is 4.67. The molecule has 4 nitrogen and oxygen atoms in total. The number of nitrogen functional groups attached to an aromatic ring is 1. The minimum Gasteiger partial charge on any atom is -0.466 e. The second kappa shape index (κ2) is 4.19. The molecule has 2 aromatic rings. The van der Waals surface area contributed by atoms with E-state index in [9.17, 15) is 0 Å². The number of nitrogens with two attached hydrogens (primary N) is 1. The van der Waals surface area contributed by atoms with Crippen molar-refractivity contribution in [1.29, 1.82) is 0 Å². The van der Waals surface area contributed by atoms with Gasteiger partial charge in [0.25, 0.3) is 0 Å². The molecule has 0 radical (unpaired) electrons. The maximum absolute atomic E-state index is 6.09. The van der Waals surface area contributed by atoms with Crippen LogP contribution in [0.4, 0.5) is 5.69 Å². The molecule has 18 heavy (non-hydrogen) atoms. The molecule has 2 N–H and O–H groups in total. The molecule has 0 aromatic carbocycles. The topological polar surface area (TPSA) is 57.0 Å². The van der Waals surface area contributed by atoms with E-state index in [2.05, 4.69) is 5.10 Å². The highest BCUT2D eigenvalue weighted by atomic mass is 16.3. The molecular formula is C14H19N3O. The maximum atomic E-state index is 6.09. The van der Waals surface area contributed by atoms with E-state index in [1.807, 2.05) is 30.8 Å². The van der Waals surface area contributed by atoms with Crippen LogP contribution in [0.2, 0.25) is 0 Å². The zero-order chi connectivity index (χ0) is 12.7. The molecule has 1 aliphatic carbocycles. The van der Waals surface area contributed by atoms with Crippen molar-refractivity contribution in [2.75, 3.05) is 5.73 Å². The number of nitrogens with zero attached hydrogens (tertiary/aromatic N) is 2. The highest BCUT2D eigenvalue weighted by molar-refractivity contribution is 5.73. The van der Waals surface area contributed by atoms with E-state index in [4.69, 9.17) is 10.2 Å². The number of rotatable bonds is 2. The largest absolute Gasteiger partial charge is 0.466 e. The zero-order valence-electron chi connectivity index (χ0n) is 10.9. The van der Waals surface area contributed by atoms with Crippen molar-refractivity contribution in [3.63, 3.8) is 0 Å². The van der Waals surface area contributed by atoms with Crippen LogP contribution in [-0.4, -0.2) is 9.78 Å². The summed E-state index contributed by atoms with van der Waals surface area (Å²) in [6.45, 7) is 3.90. The van der Waals surface area contributed by atoms with E-state index in [-0.39, 0.29) is 0 Å². The number of aromatic nitrogens is 2. The molecule has 96 valence electrons. The molecule has 0 aliphatic heterocycles. The lowest BCUT2D eigenvalue weighted by Crippen LogP contribution is -2.04. The van der Waals surface area contributed by atoms with Crippen LogP contribution in [0.3, 0.4) is 0 Å². The van der Waals surface area contributed by atoms with Crippen LogP contribution in [-0.2, 0) is 0 Å². The third-order valence-electron chi connectivity index (χ3n) is 3.76. The van der Waals surface area contributed by atoms with Gasteiger partial charge in [0.15, 0.2) is 0 Å². The van der Waals surface area contributed by atoms with E-state index in [0.717, 1.165) is 28.5 Å². The maximum Gasteiger partial charge on any atom is 0.119 e. The fraction of sp³-hybridized carbons (Fsp3) is 0.500. The predicted octanol–water partition coefficient (Wildman–Crippen LogP) is 3.46. The molecule has 2 heterocycles. The van der Waals surface area contributed by atoms with Gasteiger partial charge in [0.05, 0.1) is 11.7 Å². The van der Waals surface area contributed by atoms with Crippen molar-refractivity contribution in [2.45, 2.75) is 45.6 Å². The van der Waals surface area contributed by atoms with Gasteiger partial charge in [-0.05, 0) is 32.8 Å². The van der Waals surface area contributed by atoms with Crippen molar-refractivity contribution < 1.29 is 4.42 Å². The normalized spacial score (nSPS) is 16.6. The minimum absolute atomic E-state index is 0.523. The number of furan rings is 1. The number of aryl methyl sites for hydroxylation is 2. The van der Waals surface area contributed by atoms with Gasteiger partial charge in [0, 0.05) is 11.8 Å². The van der Waals surface area contributed by atoms with Gasteiger partial charge in [-0.1, -0.05) is 12.8 Å². The Morgan fingerprint density at radius 3 is 2.67 bits per heavy atom. The molecule has 0 saturated heterocycles. The predicted molar refractivity (Wildman–Crippen MR) is 71.3 cm³/mol. The van der Waals surface area contributed by atoms with Crippen molar-refractivity contribution in [1.82, 2.24) is 9.78 Å². The van der Waals surface area contributed by atoms with Crippen LogP contribution >= 0.6 is 0 Å². The van der Waals surface area contributed by atoms with E-state index < -0.39 is 0 Å². The van der Waals surface area contributed by atoms with Crippen LogP contribution < -0.4 is 5.73 Å². The molecule has 0 atom stereocenters. The Hall–Kier alpha value is -1.71. The van der Waals surface area contributed by atoms with Crippen LogP contribution in [0.5, 0.6) is 0 Å². The highest BCUT2D eigenvalue weighted by Crippen LogP contribution is 2.34. The van der Waals surface area contributed by atoms with Gasteiger partial charge in [0.1, 0.15) is 17.2 Å². The lowest BCUT2D eigenvalue weighted by molar-refractivity contribution is 0.468. The molecule has 4 heteroatoms. The molecule has 1 saturated carbocycles. The van der Waals surface area contributed by atoms with Gasteiger partial charge < -0.3 is 10.2 Å². The van der Waals surface area contributed by atoms with Crippen molar-refractivity contribution in [2.24, 2.45) is 0 Å². The Labute approximate surface area is 107 Å². The Balaban J connectivity index is 1.99. The Morgan fingerprint density at radius 1 is 1.33 bits per heavy atom. The van der Waals surface area contributed by atoms with Gasteiger partial charge in [-0.25, -0.2) is 0 Å². The van der Waals surface area contributed by atoms with Gasteiger partial charge in [-0.15, -0.1) is 0 Å². The standard InChI is InChI=1S/C14H19N3O/c1-9-7-12(10(2)18-9)14-13(15)8-17(16-14)11-5-3-4-6-11/h7-8,11H,3-6,15H2,1-2H3. The summed E-state index contributed by atoms with van der Waals surface area (Å²) in [4.78, 5) is 0. The van der Waals surface area contributed by atoms with Crippen LogP contribution in [0.1, 0.15) is 43.2 Å². The fourth-order valence-corrected chi connectivity index (χ4v) is 2.84. The summed E-state index contributed by atoms with van der Waals surface area (Å²) in [6.07, 6.45) is 6.98. The lowest BCUT2D eigenvalue weighted by atomic mass is 10.1. The molecule has 3 rings (SSSR count). The average molecular weight is 245 g/mol. The van der Waals surface area contributed by atoms with E-state index >= 15 is 0 Å². The summed E-state index contributed by atoms with van der Waals surface area (Å²) in [5.74, 6) is 1.79. The first-order valence-corrected chi connectivity index (χ1v) is 6.57. The van der Waals surface area contributed by atoms with Gasteiger partial charge in [-0.3, -0.25) is 4.68 Å². The molecule has 1 aliphatic rings. The van der Waals surface area contributed by atoms with E-state index in [0.29, 0.717) is 6.04 Å². The summed E-state index contributed by atoms with van der Waals surface area (Å²) >= 11 is 0. The SMILES string of the molecule is Cc1cc(-c2nn(C3CCCC3)cc2N)c(C)o1. The smallest absolute Gasteiger partial charge is 0.119 e. The second-order valence-electron chi connectivity index (χ2n) is 5.18. The number of hydrogen-bond acceptors (Lipinski definition) is 3. The van der Waals surface area contributed by atoms with Crippen molar-refractivity contribution >= 4 is 5.69 Å². The van der Waals surface area contributed by atoms with Gasteiger partial charge in [-0.2, -0.15) is 5.10 Å². The number of anilines is 1. The van der Waals surface area contributed by atoms with Gasteiger partial charge >= 0.3 is 0 Å². The Bertz CT molecular complexity index is 562. The fourth-order valence-electron chi connectivity index (χ4n) is 2.84. The molecular weight excluding hydrogens is 226 g/mol. The summed E-state index contributed by atoms with van der Waals surface area (Å²) in [7, 11) is 0. The van der Waals surface area contributed by atoms with Crippen molar-refractivity contribution in [3.05, 3.63) is 23.8 Å². The lowest BCUT2D eigenvalue weighted by Gasteiger charge is -2.08. The Kier molecular flexibility index (Phi) is 2.65. The van der Waals surface area contributed by atoms with Crippen LogP contribution in [0.25, 0.3) is 11.3 Å². The molecule has 0 unspecified atom stereocenters. The van der Waals surface area contributed by atoms with E-state index in [1.165, 1.54) is 25.7 Å². The highest BCUT2D eigenvalue weighted by Gasteiger charge is 2.21. The van der Waals surface area contributed by atoms with Crippen LogP contribution in [0, 0.1) is 13.8 Å². The Morgan fingerprint density at radius 2 is 2.06 bits per heavy atom. The molecule has 2 aromatic heterocycles. The van der Waals surface area contributed by atoms with E-state index in [1.54, 1.807) is 0 Å². The minimum atomic E-state index is 0.523. The number of hydrogen-bond donors (Lipinski definition) is 1. The summed E-state index contributed by atoms with van der Waals surface area (Å²) in [5.41, 5.74) is 8.71. The van der Waals surface area contributed by atoms with Gasteiger partial charge in [0.2, 0.25) is 0 Å².